The number of anilines is 2. The van der Waals surface area contributed by atoms with Crippen molar-refractivity contribution < 1.29 is 4.79 Å². The number of thiazole rings is 1. The molecule has 4 N–H and O–H groups in total. The first-order chi connectivity index (χ1) is 9.65. The monoisotopic (exact) mass is 295 g/mol. The van der Waals surface area contributed by atoms with Crippen LogP contribution in [-0.4, -0.2) is 48.0 Å². The van der Waals surface area contributed by atoms with Crippen LogP contribution in [0.4, 0.5) is 10.9 Å². The van der Waals surface area contributed by atoms with Crippen LogP contribution in [0.2, 0.25) is 0 Å². The number of hydrogen-bond acceptors (Lipinski definition) is 6. The highest BCUT2D eigenvalue weighted by molar-refractivity contribution is 7.18. The number of nitrogen functional groups attached to an aromatic ring is 1. The minimum Gasteiger partial charge on any atom is -0.382 e. The Morgan fingerprint density at radius 1 is 1.25 bits per heavy atom. The van der Waals surface area contributed by atoms with E-state index in [2.05, 4.69) is 9.88 Å². The van der Waals surface area contributed by atoms with Gasteiger partial charge in [0, 0.05) is 32.2 Å². The number of rotatable bonds is 2. The van der Waals surface area contributed by atoms with Crippen LogP contribution in [0.5, 0.6) is 0 Å². The van der Waals surface area contributed by atoms with Crippen molar-refractivity contribution in [2.75, 3.05) is 36.8 Å². The summed E-state index contributed by atoms with van der Waals surface area (Å²) < 4.78 is 0. The fraction of sp³-hybridized carbons (Fsp3) is 0.692. The SMILES string of the molecule is Nc1nc(N2CCC(N)C2)sc1C(=O)N1CCCCC1. The van der Waals surface area contributed by atoms with E-state index in [-0.39, 0.29) is 11.9 Å². The smallest absolute Gasteiger partial charge is 0.267 e. The van der Waals surface area contributed by atoms with Gasteiger partial charge in [0.2, 0.25) is 0 Å². The summed E-state index contributed by atoms with van der Waals surface area (Å²) in [5.41, 5.74) is 11.9. The van der Waals surface area contributed by atoms with E-state index in [1.54, 1.807) is 0 Å². The van der Waals surface area contributed by atoms with Crippen molar-refractivity contribution in [1.29, 1.82) is 0 Å². The number of nitrogens with zero attached hydrogens (tertiary/aromatic N) is 3. The van der Waals surface area contributed by atoms with Crippen molar-refractivity contribution in [3.05, 3.63) is 4.88 Å². The Hall–Kier alpha value is -1.34. The van der Waals surface area contributed by atoms with Crippen LogP contribution in [0.1, 0.15) is 35.4 Å². The summed E-state index contributed by atoms with van der Waals surface area (Å²) in [4.78, 5) is 21.5. The topological polar surface area (TPSA) is 88.5 Å². The van der Waals surface area contributed by atoms with E-state index in [1.807, 2.05) is 4.90 Å². The average molecular weight is 295 g/mol. The van der Waals surface area contributed by atoms with Gasteiger partial charge >= 0.3 is 0 Å². The maximum absolute atomic E-state index is 12.5. The zero-order chi connectivity index (χ0) is 14.1. The van der Waals surface area contributed by atoms with E-state index in [0.29, 0.717) is 10.7 Å². The Labute approximate surface area is 122 Å². The van der Waals surface area contributed by atoms with Crippen molar-refractivity contribution in [3.63, 3.8) is 0 Å². The zero-order valence-electron chi connectivity index (χ0n) is 11.5. The summed E-state index contributed by atoms with van der Waals surface area (Å²) in [6, 6.07) is 0.196. The minimum atomic E-state index is 0.0365. The average Bonchev–Trinajstić information content (AvgIpc) is 3.05. The maximum atomic E-state index is 12.5. The lowest BCUT2D eigenvalue weighted by molar-refractivity contribution is 0.0730. The molecule has 0 saturated carbocycles. The van der Waals surface area contributed by atoms with E-state index in [4.69, 9.17) is 11.5 Å². The van der Waals surface area contributed by atoms with Crippen molar-refractivity contribution in [3.8, 4) is 0 Å². The Kier molecular flexibility index (Phi) is 3.80. The van der Waals surface area contributed by atoms with Gasteiger partial charge in [-0.2, -0.15) is 0 Å². The minimum absolute atomic E-state index is 0.0365. The standard InChI is InChI=1S/C13H21N5OS/c14-9-4-7-18(8-9)13-16-11(15)10(20-13)12(19)17-5-2-1-3-6-17/h9H,1-8,14-15H2. The van der Waals surface area contributed by atoms with Crippen molar-refractivity contribution in [2.24, 2.45) is 5.73 Å². The van der Waals surface area contributed by atoms with Crippen molar-refractivity contribution in [1.82, 2.24) is 9.88 Å². The normalized spacial score (nSPS) is 23.4. The van der Waals surface area contributed by atoms with Crippen molar-refractivity contribution in [2.45, 2.75) is 31.7 Å². The van der Waals surface area contributed by atoms with Crippen molar-refractivity contribution >= 4 is 28.2 Å². The molecule has 1 atom stereocenters. The van der Waals surface area contributed by atoms with E-state index < -0.39 is 0 Å². The molecule has 1 aromatic rings. The highest BCUT2D eigenvalue weighted by Gasteiger charge is 2.27. The number of carbonyl (C=O) groups is 1. The quantitative estimate of drug-likeness (QED) is 0.846. The molecule has 2 aliphatic heterocycles. The summed E-state index contributed by atoms with van der Waals surface area (Å²) in [5.74, 6) is 0.399. The van der Waals surface area contributed by atoms with Gasteiger partial charge < -0.3 is 21.3 Å². The van der Waals surface area contributed by atoms with E-state index in [9.17, 15) is 4.79 Å². The second kappa shape index (κ2) is 5.57. The molecule has 2 fully saturated rings. The highest BCUT2D eigenvalue weighted by atomic mass is 32.1. The lowest BCUT2D eigenvalue weighted by Crippen LogP contribution is -2.35. The molecule has 20 heavy (non-hydrogen) atoms. The number of nitrogens with two attached hydrogens (primary N) is 2. The van der Waals surface area contributed by atoms with Gasteiger partial charge in [-0.15, -0.1) is 0 Å². The summed E-state index contributed by atoms with van der Waals surface area (Å²) in [6.45, 7) is 3.36. The predicted molar refractivity (Wildman–Crippen MR) is 81.1 cm³/mol. The number of amides is 1. The van der Waals surface area contributed by atoms with Gasteiger partial charge in [0.15, 0.2) is 5.13 Å². The fourth-order valence-electron chi connectivity index (χ4n) is 2.81. The number of likely N-dealkylation sites (tertiary alicyclic amines) is 1. The molecule has 0 aliphatic carbocycles. The first-order valence-electron chi connectivity index (χ1n) is 7.21. The second-order valence-corrected chi connectivity index (χ2v) is 6.54. The molecule has 6 nitrogen and oxygen atoms in total. The predicted octanol–water partition coefficient (Wildman–Crippen LogP) is 0.889. The summed E-state index contributed by atoms with van der Waals surface area (Å²) in [6.07, 6.45) is 4.34. The van der Waals surface area contributed by atoms with Gasteiger partial charge in [-0.3, -0.25) is 4.79 Å². The Morgan fingerprint density at radius 3 is 2.65 bits per heavy atom. The van der Waals surface area contributed by atoms with E-state index in [0.717, 1.165) is 50.6 Å². The molecule has 1 amide bonds. The molecule has 1 aromatic heterocycles. The number of piperidine rings is 1. The summed E-state index contributed by atoms with van der Waals surface area (Å²) in [5, 5.41) is 0.829. The third kappa shape index (κ3) is 2.60. The maximum Gasteiger partial charge on any atom is 0.267 e. The van der Waals surface area contributed by atoms with Crippen LogP contribution in [0.25, 0.3) is 0 Å². The van der Waals surface area contributed by atoms with Crippen LogP contribution in [0.3, 0.4) is 0 Å². The molecule has 1 unspecified atom stereocenters. The number of hydrogen-bond donors (Lipinski definition) is 2. The Bertz CT molecular complexity index is 497. The number of carbonyl (C=O) groups excluding carboxylic acids is 1. The molecule has 0 bridgehead atoms. The molecule has 110 valence electrons. The first-order valence-corrected chi connectivity index (χ1v) is 8.03. The largest absolute Gasteiger partial charge is 0.382 e. The molecule has 2 aliphatic rings. The molecule has 3 heterocycles. The van der Waals surface area contributed by atoms with Crippen LogP contribution in [0, 0.1) is 0 Å². The van der Waals surface area contributed by atoms with Gasteiger partial charge in [-0.1, -0.05) is 11.3 Å². The fourth-order valence-corrected chi connectivity index (χ4v) is 3.80. The molecule has 0 radical (unpaired) electrons. The van der Waals surface area contributed by atoms with Gasteiger partial charge in [-0.25, -0.2) is 4.98 Å². The Morgan fingerprint density at radius 2 is 2.00 bits per heavy atom. The van der Waals surface area contributed by atoms with Gasteiger partial charge in [-0.05, 0) is 25.7 Å². The van der Waals surface area contributed by atoms with Gasteiger partial charge in [0.1, 0.15) is 10.7 Å². The Balaban J connectivity index is 1.76. The zero-order valence-corrected chi connectivity index (χ0v) is 12.4. The second-order valence-electron chi connectivity index (χ2n) is 5.56. The molecule has 2 saturated heterocycles. The third-order valence-corrected chi connectivity index (χ3v) is 5.09. The summed E-state index contributed by atoms with van der Waals surface area (Å²) >= 11 is 1.40. The van der Waals surface area contributed by atoms with Crippen LogP contribution in [-0.2, 0) is 0 Å². The number of aromatic nitrogens is 1. The van der Waals surface area contributed by atoms with E-state index in [1.165, 1.54) is 17.8 Å². The lowest BCUT2D eigenvalue weighted by Gasteiger charge is -2.26. The lowest BCUT2D eigenvalue weighted by atomic mass is 10.1. The third-order valence-electron chi connectivity index (χ3n) is 3.97. The highest BCUT2D eigenvalue weighted by Crippen LogP contribution is 2.31. The molecular weight excluding hydrogens is 274 g/mol. The summed E-state index contributed by atoms with van der Waals surface area (Å²) in [7, 11) is 0. The van der Waals surface area contributed by atoms with Crippen LogP contribution >= 0.6 is 11.3 Å². The van der Waals surface area contributed by atoms with E-state index >= 15 is 0 Å². The van der Waals surface area contributed by atoms with Gasteiger partial charge in [0.25, 0.3) is 5.91 Å². The van der Waals surface area contributed by atoms with Gasteiger partial charge in [0.05, 0.1) is 0 Å². The van der Waals surface area contributed by atoms with Crippen LogP contribution in [0.15, 0.2) is 0 Å². The first kappa shape index (κ1) is 13.6. The molecular formula is C13H21N5OS. The molecule has 7 heteroatoms. The molecule has 0 aromatic carbocycles. The molecule has 3 rings (SSSR count). The molecule has 0 spiro atoms. The van der Waals surface area contributed by atoms with Crippen LogP contribution < -0.4 is 16.4 Å².